The van der Waals surface area contributed by atoms with Crippen LogP contribution in [0.2, 0.25) is 0 Å². The Labute approximate surface area is 184 Å². The fourth-order valence-electron chi connectivity index (χ4n) is 4.03. The van der Waals surface area contributed by atoms with E-state index < -0.39 is 11.2 Å². The summed E-state index contributed by atoms with van der Waals surface area (Å²) in [6.45, 7) is 2.47. The van der Waals surface area contributed by atoms with Crippen LogP contribution in [0, 0.1) is 0 Å². The van der Waals surface area contributed by atoms with E-state index in [1.54, 1.807) is 0 Å². The predicted molar refractivity (Wildman–Crippen MR) is 124 cm³/mol. The normalized spacial score (nSPS) is 13.1. The van der Waals surface area contributed by atoms with Crippen molar-refractivity contribution >= 4 is 28.7 Å². The minimum atomic E-state index is -0.644. The highest BCUT2D eigenvalue weighted by molar-refractivity contribution is 7.14. The lowest BCUT2D eigenvalue weighted by molar-refractivity contribution is 0.0990. The Morgan fingerprint density at radius 3 is 2.65 bits per heavy atom. The number of nitrogen functional groups attached to an aromatic ring is 1. The van der Waals surface area contributed by atoms with E-state index in [-0.39, 0.29) is 24.0 Å². The maximum absolute atomic E-state index is 13.5. The molecule has 3 N–H and O–H groups in total. The van der Waals surface area contributed by atoms with E-state index in [0.29, 0.717) is 17.8 Å². The average molecular weight is 439 g/mol. The molecule has 2 aromatic heterocycles. The zero-order chi connectivity index (χ0) is 22.0. The van der Waals surface area contributed by atoms with Gasteiger partial charge in [0.25, 0.3) is 11.5 Å². The van der Waals surface area contributed by atoms with Crippen LogP contribution in [0.3, 0.4) is 0 Å². The Bertz CT molecular complexity index is 1190. The molecule has 7 nitrogen and oxygen atoms in total. The smallest absolute Gasteiger partial charge is 0.330 e. The van der Waals surface area contributed by atoms with Crippen molar-refractivity contribution in [2.75, 3.05) is 17.2 Å². The van der Waals surface area contributed by atoms with Crippen LogP contribution < -0.4 is 21.9 Å². The summed E-state index contributed by atoms with van der Waals surface area (Å²) in [6, 6.07) is 11.3. The lowest BCUT2D eigenvalue weighted by atomic mass is 9.99. The second-order valence-electron chi connectivity index (χ2n) is 7.79. The standard InChI is InChI=1S/C23H26N4O3S/c1-2-12-26(22(29)18-13-16-10-6-7-11-17(16)31-18)19-20(24)27(23(30)25-21(19)28)14-15-8-4-3-5-9-15/h3-5,8-9,13H,2,6-7,10-12,14,24H2,1H3,(H,25,28,30). The molecule has 1 aromatic carbocycles. The van der Waals surface area contributed by atoms with Crippen molar-refractivity contribution in [1.82, 2.24) is 9.55 Å². The lowest BCUT2D eigenvalue weighted by Gasteiger charge is -2.23. The summed E-state index contributed by atoms with van der Waals surface area (Å²) in [6.07, 6.45) is 4.89. The molecule has 0 saturated heterocycles. The summed E-state index contributed by atoms with van der Waals surface area (Å²) in [4.78, 5) is 44.4. The molecule has 0 spiro atoms. The van der Waals surface area contributed by atoms with Crippen molar-refractivity contribution in [3.63, 3.8) is 0 Å². The second kappa shape index (κ2) is 8.93. The van der Waals surface area contributed by atoms with E-state index in [0.717, 1.165) is 31.2 Å². The maximum Gasteiger partial charge on any atom is 0.330 e. The SMILES string of the molecule is CCCN(C(=O)c1cc2c(s1)CCCC2)c1c(N)n(Cc2ccccc2)c(=O)[nH]c1=O. The van der Waals surface area contributed by atoms with Crippen LogP contribution in [0.25, 0.3) is 0 Å². The fraction of sp³-hybridized carbons (Fsp3) is 0.348. The molecule has 1 amide bonds. The Morgan fingerprint density at radius 1 is 1.19 bits per heavy atom. The van der Waals surface area contributed by atoms with Gasteiger partial charge in [0.05, 0.1) is 11.4 Å². The van der Waals surface area contributed by atoms with Crippen LogP contribution >= 0.6 is 11.3 Å². The van der Waals surface area contributed by atoms with Crippen molar-refractivity contribution in [2.24, 2.45) is 0 Å². The highest BCUT2D eigenvalue weighted by Gasteiger charge is 2.27. The molecule has 4 rings (SSSR count). The van der Waals surface area contributed by atoms with E-state index in [2.05, 4.69) is 4.98 Å². The van der Waals surface area contributed by atoms with E-state index in [1.807, 2.05) is 43.3 Å². The van der Waals surface area contributed by atoms with Gasteiger partial charge in [0, 0.05) is 11.4 Å². The number of nitrogens with two attached hydrogens (primary N) is 1. The van der Waals surface area contributed by atoms with Gasteiger partial charge in [-0.15, -0.1) is 11.3 Å². The number of amides is 1. The quantitative estimate of drug-likeness (QED) is 0.617. The van der Waals surface area contributed by atoms with Gasteiger partial charge in [-0.05, 0) is 49.3 Å². The van der Waals surface area contributed by atoms with E-state index in [4.69, 9.17) is 5.73 Å². The number of rotatable bonds is 6. The van der Waals surface area contributed by atoms with E-state index in [9.17, 15) is 14.4 Å². The molecule has 0 aliphatic heterocycles. The lowest BCUT2D eigenvalue weighted by Crippen LogP contribution is -2.41. The predicted octanol–water partition coefficient (Wildman–Crippen LogP) is 3.16. The monoisotopic (exact) mass is 438 g/mol. The van der Waals surface area contributed by atoms with Gasteiger partial charge in [-0.1, -0.05) is 37.3 Å². The van der Waals surface area contributed by atoms with Crippen LogP contribution in [0.4, 0.5) is 11.5 Å². The molecule has 0 unspecified atom stereocenters. The minimum absolute atomic E-state index is 0.000669. The number of aromatic amines is 1. The zero-order valence-electron chi connectivity index (χ0n) is 17.5. The van der Waals surface area contributed by atoms with Crippen LogP contribution in [-0.4, -0.2) is 22.0 Å². The molecule has 31 heavy (non-hydrogen) atoms. The number of fused-ring (bicyclic) bond motifs is 1. The topological polar surface area (TPSA) is 101 Å². The molecule has 1 aliphatic rings. The molecule has 0 bridgehead atoms. The van der Waals surface area contributed by atoms with Crippen molar-refractivity contribution < 1.29 is 4.79 Å². The van der Waals surface area contributed by atoms with Gasteiger partial charge in [-0.3, -0.25) is 24.0 Å². The molecular formula is C23H26N4O3S. The van der Waals surface area contributed by atoms with E-state index >= 15 is 0 Å². The van der Waals surface area contributed by atoms with Crippen LogP contribution in [0.15, 0.2) is 46.0 Å². The summed E-state index contributed by atoms with van der Waals surface area (Å²) < 4.78 is 1.31. The number of hydrogen-bond donors (Lipinski definition) is 2. The highest BCUT2D eigenvalue weighted by Crippen LogP contribution is 2.31. The number of nitrogens with zero attached hydrogens (tertiary/aromatic N) is 2. The molecule has 0 fully saturated rings. The third kappa shape index (κ3) is 4.20. The summed E-state index contributed by atoms with van der Waals surface area (Å²) in [5.74, 6) is -0.246. The third-order valence-electron chi connectivity index (χ3n) is 5.57. The first kappa shape index (κ1) is 21.1. The highest BCUT2D eigenvalue weighted by atomic mass is 32.1. The Kier molecular flexibility index (Phi) is 6.08. The Morgan fingerprint density at radius 2 is 1.94 bits per heavy atom. The van der Waals surface area contributed by atoms with Crippen LogP contribution in [-0.2, 0) is 19.4 Å². The van der Waals surface area contributed by atoms with Crippen LogP contribution in [0.1, 0.15) is 51.9 Å². The van der Waals surface area contributed by atoms with Gasteiger partial charge < -0.3 is 5.73 Å². The summed E-state index contributed by atoms with van der Waals surface area (Å²) in [5.41, 5.74) is 7.23. The number of carbonyl (C=O) groups is 1. The number of nitrogens with one attached hydrogen (secondary N) is 1. The third-order valence-corrected chi connectivity index (χ3v) is 6.79. The number of aryl methyl sites for hydroxylation is 2. The number of benzene rings is 1. The largest absolute Gasteiger partial charge is 0.383 e. The molecule has 0 atom stereocenters. The maximum atomic E-state index is 13.5. The summed E-state index contributed by atoms with van der Waals surface area (Å²) >= 11 is 1.50. The second-order valence-corrected chi connectivity index (χ2v) is 8.92. The Balaban J connectivity index is 1.76. The molecule has 0 saturated carbocycles. The molecular weight excluding hydrogens is 412 g/mol. The van der Waals surface area contributed by atoms with Crippen molar-refractivity contribution in [3.05, 3.63) is 78.1 Å². The number of carbonyl (C=O) groups excluding carboxylic acids is 1. The molecule has 2 heterocycles. The molecule has 1 aliphatic carbocycles. The number of H-pyrrole nitrogens is 1. The van der Waals surface area contributed by atoms with E-state index in [1.165, 1.54) is 31.2 Å². The number of hydrogen-bond acceptors (Lipinski definition) is 5. The van der Waals surface area contributed by atoms with Crippen molar-refractivity contribution in [3.8, 4) is 0 Å². The molecule has 3 aromatic rings. The molecule has 8 heteroatoms. The van der Waals surface area contributed by atoms with Gasteiger partial charge in [-0.2, -0.15) is 0 Å². The number of anilines is 2. The number of thiophene rings is 1. The summed E-state index contributed by atoms with van der Waals surface area (Å²) in [5, 5.41) is 0. The van der Waals surface area contributed by atoms with Gasteiger partial charge >= 0.3 is 5.69 Å². The summed E-state index contributed by atoms with van der Waals surface area (Å²) in [7, 11) is 0. The molecule has 162 valence electrons. The van der Waals surface area contributed by atoms with Gasteiger partial charge in [0.15, 0.2) is 5.69 Å². The first-order valence-corrected chi connectivity index (χ1v) is 11.4. The molecule has 0 radical (unpaired) electrons. The van der Waals surface area contributed by atoms with Gasteiger partial charge in [-0.25, -0.2) is 4.79 Å². The average Bonchev–Trinajstić information content (AvgIpc) is 3.20. The minimum Gasteiger partial charge on any atom is -0.383 e. The zero-order valence-corrected chi connectivity index (χ0v) is 18.3. The first-order valence-electron chi connectivity index (χ1n) is 10.6. The Hall–Kier alpha value is -3.13. The van der Waals surface area contributed by atoms with Crippen molar-refractivity contribution in [1.29, 1.82) is 0 Å². The van der Waals surface area contributed by atoms with Crippen LogP contribution in [0.5, 0.6) is 0 Å². The fourth-order valence-corrected chi connectivity index (χ4v) is 5.23. The first-order chi connectivity index (χ1) is 15.0. The van der Waals surface area contributed by atoms with Crippen molar-refractivity contribution in [2.45, 2.75) is 45.6 Å². The van der Waals surface area contributed by atoms with Gasteiger partial charge in [0.1, 0.15) is 5.82 Å². The number of aromatic nitrogens is 2. The van der Waals surface area contributed by atoms with Gasteiger partial charge in [0.2, 0.25) is 0 Å².